The minimum Gasteiger partial charge on any atom is -0.356 e. The first-order valence-electron chi connectivity index (χ1n) is 10.3. The van der Waals surface area contributed by atoms with E-state index in [1.54, 1.807) is 0 Å². The van der Waals surface area contributed by atoms with Crippen LogP contribution in [-0.2, 0) is 6.54 Å². The fourth-order valence-corrected chi connectivity index (χ4v) is 3.58. The molecule has 27 heavy (non-hydrogen) atoms. The molecule has 1 aliphatic heterocycles. The van der Waals surface area contributed by atoms with Crippen LogP contribution in [0.1, 0.15) is 50.4 Å². The minimum atomic E-state index is 0. The molecule has 1 aliphatic rings. The maximum atomic E-state index is 4.55. The Kier molecular flexibility index (Phi) is 12.0. The van der Waals surface area contributed by atoms with E-state index in [2.05, 4.69) is 50.2 Å². The van der Waals surface area contributed by atoms with E-state index in [1.165, 1.54) is 57.4 Å². The summed E-state index contributed by atoms with van der Waals surface area (Å²) in [4.78, 5) is 6.96. The van der Waals surface area contributed by atoms with Crippen molar-refractivity contribution < 1.29 is 0 Å². The molecule has 0 aliphatic carbocycles. The molecule has 1 aromatic rings. The van der Waals surface area contributed by atoms with Gasteiger partial charge in [-0.15, -0.1) is 24.0 Å². The summed E-state index contributed by atoms with van der Waals surface area (Å²) in [5.74, 6) is 1.39. The lowest BCUT2D eigenvalue weighted by atomic mass is 10.2. The Hall–Kier alpha value is -0.830. The van der Waals surface area contributed by atoms with Crippen LogP contribution in [0, 0.1) is 19.8 Å². The molecule has 0 radical (unpaired) electrons. The molecular formula is C20H39IN6. The lowest BCUT2D eigenvalue weighted by Crippen LogP contribution is -2.41. The van der Waals surface area contributed by atoms with Crippen molar-refractivity contribution in [1.29, 1.82) is 0 Å². The molecule has 0 amide bonds. The molecule has 0 bridgehead atoms. The van der Waals surface area contributed by atoms with Gasteiger partial charge in [0, 0.05) is 32.4 Å². The third-order valence-electron chi connectivity index (χ3n) is 5.07. The van der Waals surface area contributed by atoms with Crippen LogP contribution in [0.25, 0.3) is 0 Å². The average Bonchev–Trinajstić information content (AvgIpc) is 2.81. The Morgan fingerprint density at radius 3 is 2.48 bits per heavy atom. The monoisotopic (exact) mass is 490 g/mol. The van der Waals surface area contributed by atoms with Crippen molar-refractivity contribution in [2.75, 3.05) is 39.8 Å². The van der Waals surface area contributed by atoms with Gasteiger partial charge in [0.2, 0.25) is 0 Å². The molecule has 1 aromatic heterocycles. The topological polar surface area (TPSA) is 57.5 Å². The highest BCUT2D eigenvalue weighted by Crippen LogP contribution is 2.09. The molecule has 1 unspecified atom stereocenters. The molecular weight excluding hydrogens is 451 g/mol. The van der Waals surface area contributed by atoms with Gasteiger partial charge in [-0.2, -0.15) is 5.10 Å². The molecule has 1 fully saturated rings. The summed E-state index contributed by atoms with van der Waals surface area (Å²) in [5, 5.41) is 11.4. The zero-order valence-corrected chi connectivity index (χ0v) is 20.0. The van der Waals surface area contributed by atoms with Crippen molar-refractivity contribution in [3.05, 3.63) is 17.5 Å². The Morgan fingerprint density at radius 2 is 1.89 bits per heavy atom. The zero-order chi connectivity index (χ0) is 18.8. The molecule has 2 heterocycles. The number of guanidine groups is 1. The van der Waals surface area contributed by atoms with E-state index in [4.69, 9.17) is 0 Å². The van der Waals surface area contributed by atoms with Gasteiger partial charge in [-0.25, -0.2) is 0 Å². The summed E-state index contributed by atoms with van der Waals surface area (Å²) in [6, 6.07) is 2.13. The van der Waals surface area contributed by atoms with Gasteiger partial charge in [0.25, 0.3) is 0 Å². The lowest BCUT2D eigenvalue weighted by Gasteiger charge is -2.20. The van der Waals surface area contributed by atoms with Gasteiger partial charge < -0.3 is 15.5 Å². The third-order valence-corrected chi connectivity index (χ3v) is 5.07. The van der Waals surface area contributed by atoms with Gasteiger partial charge in [0.15, 0.2) is 5.96 Å². The van der Waals surface area contributed by atoms with Crippen LogP contribution in [0.15, 0.2) is 11.1 Å². The SMILES string of the molecule is CN=C(NCCCN1CCCCCC1)NCC(C)Cn1nc(C)cc1C.I. The highest BCUT2D eigenvalue weighted by Gasteiger charge is 2.10. The smallest absolute Gasteiger partial charge is 0.190 e. The van der Waals surface area contributed by atoms with E-state index < -0.39 is 0 Å². The second-order valence-corrected chi connectivity index (χ2v) is 7.70. The Bertz CT molecular complexity index is 549. The molecule has 0 aromatic carbocycles. The Labute approximate surface area is 182 Å². The van der Waals surface area contributed by atoms with Crippen LogP contribution in [-0.4, -0.2) is 60.4 Å². The Morgan fingerprint density at radius 1 is 1.19 bits per heavy atom. The van der Waals surface area contributed by atoms with E-state index in [0.717, 1.165) is 31.3 Å². The van der Waals surface area contributed by atoms with Crippen LogP contribution in [0.4, 0.5) is 0 Å². The van der Waals surface area contributed by atoms with Crippen LogP contribution in [0.3, 0.4) is 0 Å². The van der Waals surface area contributed by atoms with Crippen molar-refractivity contribution in [1.82, 2.24) is 25.3 Å². The van der Waals surface area contributed by atoms with Gasteiger partial charge in [-0.05, 0) is 64.7 Å². The van der Waals surface area contributed by atoms with Gasteiger partial charge in [-0.1, -0.05) is 19.8 Å². The number of nitrogens with one attached hydrogen (secondary N) is 2. The number of hydrogen-bond donors (Lipinski definition) is 2. The molecule has 2 N–H and O–H groups in total. The van der Waals surface area contributed by atoms with E-state index >= 15 is 0 Å². The molecule has 6 nitrogen and oxygen atoms in total. The first-order chi connectivity index (χ1) is 12.6. The molecule has 0 spiro atoms. The van der Waals surface area contributed by atoms with E-state index in [-0.39, 0.29) is 24.0 Å². The van der Waals surface area contributed by atoms with Crippen LogP contribution in [0.2, 0.25) is 0 Å². The molecule has 7 heteroatoms. The van der Waals surface area contributed by atoms with Crippen molar-refractivity contribution in [3.63, 3.8) is 0 Å². The third kappa shape index (κ3) is 9.27. The lowest BCUT2D eigenvalue weighted by molar-refractivity contribution is 0.282. The van der Waals surface area contributed by atoms with Crippen LogP contribution in [0.5, 0.6) is 0 Å². The predicted octanol–water partition coefficient (Wildman–Crippen LogP) is 3.19. The zero-order valence-electron chi connectivity index (χ0n) is 17.6. The number of hydrogen-bond acceptors (Lipinski definition) is 3. The average molecular weight is 490 g/mol. The number of aromatic nitrogens is 2. The minimum absolute atomic E-state index is 0. The largest absolute Gasteiger partial charge is 0.356 e. The normalized spacial score (nSPS) is 17.1. The summed E-state index contributed by atoms with van der Waals surface area (Å²) in [5.41, 5.74) is 2.31. The first-order valence-corrected chi connectivity index (χ1v) is 10.3. The van der Waals surface area contributed by atoms with Crippen molar-refractivity contribution in [2.45, 2.75) is 59.4 Å². The molecule has 2 rings (SSSR count). The second-order valence-electron chi connectivity index (χ2n) is 7.70. The summed E-state index contributed by atoms with van der Waals surface area (Å²) >= 11 is 0. The van der Waals surface area contributed by atoms with Crippen molar-refractivity contribution >= 4 is 29.9 Å². The Balaban J connectivity index is 0.00000364. The van der Waals surface area contributed by atoms with Crippen molar-refractivity contribution in [3.8, 4) is 0 Å². The van der Waals surface area contributed by atoms with E-state index in [0.29, 0.717) is 5.92 Å². The van der Waals surface area contributed by atoms with Gasteiger partial charge in [-0.3, -0.25) is 9.67 Å². The standard InChI is InChI=1S/C20H38N6.HI/c1-17(16-26-19(3)14-18(2)24-26)15-23-20(21-4)22-10-9-13-25-11-7-5-6-8-12-25;/h14,17H,5-13,15-16H2,1-4H3,(H2,21,22,23);1H. The maximum Gasteiger partial charge on any atom is 0.190 e. The van der Waals surface area contributed by atoms with Gasteiger partial charge in [0.1, 0.15) is 0 Å². The van der Waals surface area contributed by atoms with Crippen LogP contribution < -0.4 is 10.6 Å². The summed E-state index contributed by atoms with van der Waals surface area (Å²) in [6.45, 7) is 12.9. The highest BCUT2D eigenvalue weighted by molar-refractivity contribution is 14.0. The number of nitrogens with zero attached hydrogens (tertiary/aromatic N) is 4. The fraction of sp³-hybridized carbons (Fsp3) is 0.800. The second kappa shape index (κ2) is 13.4. The quantitative estimate of drug-likeness (QED) is 0.255. The number of rotatable bonds is 8. The molecule has 0 saturated carbocycles. The molecule has 156 valence electrons. The number of aliphatic imine (C=N–C) groups is 1. The van der Waals surface area contributed by atoms with Gasteiger partial charge >= 0.3 is 0 Å². The fourth-order valence-electron chi connectivity index (χ4n) is 3.58. The van der Waals surface area contributed by atoms with Crippen molar-refractivity contribution in [2.24, 2.45) is 10.9 Å². The van der Waals surface area contributed by atoms with Crippen LogP contribution >= 0.6 is 24.0 Å². The summed E-state index contributed by atoms with van der Waals surface area (Å²) in [6.07, 6.45) is 6.71. The first kappa shape index (κ1) is 24.2. The number of halogens is 1. The van der Waals surface area contributed by atoms with Gasteiger partial charge in [0.05, 0.1) is 5.69 Å². The molecule has 1 saturated heterocycles. The number of aryl methyl sites for hydroxylation is 2. The van der Waals surface area contributed by atoms with E-state index in [1.807, 2.05) is 14.0 Å². The van der Waals surface area contributed by atoms with E-state index in [9.17, 15) is 0 Å². The number of likely N-dealkylation sites (tertiary alicyclic amines) is 1. The predicted molar refractivity (Wildman–Crippen MR) is 125 cm³/mol. The maximum absolute atomic E-state index is 4.55. The highest BCUT2D eigenvalue weighted by atomic mass is 127. The summed E-state index contributed by atoms with van der Waals surface area (Å²) < 4.78 is 2.10. The summed E-state index contributed by atoms with van der Waals surface area (Å²) in [7, 11) is 1.84. The molecule has 1 atom stereocenters.